The van der Waals surface area contributed by atoms with Crippen LogP contribution in [0.2, 0.25) is 0 Å². The van der Waals surface area contributed by atoms with E-state index in [9.17, 15) is 9.59 Å². The van der Waals surface area contributed by atoms with Gasteiger partial charge in [-0.25, -0.2) is 0 Å². The fourth-order valence-electron chi connectivity index (χ4n) is 1.97. The molecule has 2 unspecified atom stereocenters. The first-order valence-electron chi connectivity index (χ1n) is 6.27. The van der Waals surface area contributed by atoms with Gasteiger partial charge in [0.25, 0.3) is 0 Å². The summed E-state index contributed by atoms with van der Waals surface area (Å²) in [6, 6.07) is 0. The fraction of sp³-hybridized carbons (Fsp3) is 0.833. The topological polar surface area (TPSA) is 61.4 Å². The second kappa shape index (κ2) is 6.59. The van der Waals surface area contributed by atoms with Crippen LogP contribution in [0.15, 0.2) is 0 Å². The van der Waals surface area contributed by atoms with Gasteiger partial charge in [-0.3, -0.25) is 9.59 Å². The Morgan fingerprint density at radius 2 is 2.12 bits per heavy atom. The van der Waals surface area contributed by atoms with Gasteiger partial charge in [-0.2, -0.15) is 0 Å². The highest BCUT2D eigenvalue weighted by Gasteiger charge is 2.25. The number of nitrogens with zero attached hydrogens (tertiary/aromatic N) is 1. The van der Waals surface area contributed by atoms with Gasteiger partial charge >= 0.3 is 0 Å². The number of amides is 2. The molecule has 0 aromatic carbocycles. The lowest BCUT2D eigenvalue weighted by Gasteiger charge is -2.27. The Hall–Kier alpha value is -1.10. The molecule has 0 saturated carbocycles. The summed E-state index contributed by atoms with van der Waals surface area (Å²) in [6.45, 7) is 6.49. The normalized spacial score (nSPS) is 24.2. The molecule has 2 amide bonds. The van der Waals surface area contributed by atoms with Gasteiger partial charge in [-0.05, 0) is 25.8 Å². The van der Waals surface area contributed by atoms with Gasteiger partial charge in [0, 0.05) is 20.1 Å². The molecule has 2 N–H and O–H groups in total. The minimum absolute atomic E-state index is 0.00140. The van der Waals surface area contributed by atoms with Crippen molar-refractivity contribution < 1.29 is 9.59 Å². The number of rotatable bonds is 4. The SMILES string of the molecule is CCN(C)C(=O)CNC(=O)C1CNCC(C)C1. The van der Waals surface area contributed by atoms with E-state index in [-0.39, 0.29) is 24.3 Å². The summed E-state index contributed by atoms with van der Waals surface area (Å²) >= 11 is 0. The lowest BCUT2D eigenvalue weighted by Crippen LogP contribution is -2.46. The molecular weight excluding hydrogens is 218 g/mol. The molecule has 0 aliphatic carbocycles. The van der Waals surface area contributed by atoms with Crippen molar-refractivity contribution >= 4 is 11.8 Å². The van der Waals surface area contributed by atoms with Crippen LogP contribution in [-0.2, 0) is 9.59 Å². The second-order valence-corrected chi connectivity index (χ2v) is 4.82. The maximum Gasteiger partial charge on any atom is 0.241 e. The van der Waals surface area contributed by atoms with E-state index in [4.69, 9.17) is 0 Å². The lowest BCUT2D eigenvalue weighted by atomic mass is 9.91. The molecule has 0 spiro atoms. The molecule has 1 aliphatic heterocycles. The molecule has 0 radical (unpaired) electrons. The summed E-state index contributed by atoms with van der Waals surface area (Å²) in [4.78, 5) is 25.0. The van der Waals surface area contributed by atoms with Gasteiger partial charge in [-0.1, -0.05) is 6.92 Å². The highest BCUT2D eigenvalue weighted by molar-refractivity contribution is 5.85. The van der Waals surface area contributed by atoms with Crippen molar-refractivity contribution in [3.63, 3.8) is 0 Å². The number of nitrogens with one attached hydrogen (secondary N) is 2. The van der Waals surface area contributed by atoms with Crippen molar-refractivity contribution in [1.82, 2.24) is 15.5 Å². The zero-order valence-corrected chi connectivity index (χ0v) is 11.0. The van der Waals surface area contributed by atoms with E-state index in [1.165, 1.54) is 0 Å². The molecule has 1 rings (SSSR count). The number of hydrogen-bond acceptors (Lipinski definition) is 3. The largest absolute Gasteiger partial charge is 0.347 e. The quantitative estimate of drug-likeness (QED) is 0.718. The van der Waals surface area contributed by atoms with Crippen LogP contribution in [0.1, 0.15) is 20.3 Å². The smallest absolute Gasteiger partial charge is 0.241 e. The van der Waals surface area contributed by atoms with Crippen molar-refractivity contribution in [2.24, 2.45) is 11.8 Å². The molecule has 5 nitrogen and oxygen atoms in total. The van der Waals surface area contributed by atoms with Crippen molar-refractivity contribution in [3.05, 3.63) is 0 Å². The van der Waals surface area contributed by atoms with Crippen LogP contribution in [0.25, 0.3) is 0 Å². The fourth-order valence-corrected chi connectivity index (χ4v) is 1.97. The molecule has 1 aliphatic rings. The highest BCUT2D eigenvalue weighted by atomic mass is 16.2. The van der Waals surface area contributed by atoms with Gasteiger partial charge in [0.1, 0.15) is 0 Å². The van der Waals surface area contributed by atoms with Gasteiger partial charge < -0.3 is 15.5 Å². The van der Waals surface area contributed by atoms with Gasteiger partial charge in [0.2, 0.25) is 11.8 Å². The first kappa shape index (κ1) is 14.0. The van der Waals surface area contributed by atoms with Crippen LogP contribution >= 0.6 is 0 Å². The third kappa shape index (κ3) is 4.34. The second-order valence-electron chi connectivity index (χ2n) is 4.82. The summed E-state index contributed by atoms with van der Waals surface area (Å²) in [5.41, 5.74) is 0. The maximum absolute atomic E-state index is 11.8. The highest BCUT2D eigenvalue weighted by Crippen LogP contribution is 2.15. The first-order valence-corrected chi connectivity index (χ1v) is 6.27. The number of piperidine rings is 1. The maximum atomic E-state index is 11.8. The number of carbonyl (C=O) groups excluding carboxylic acids is 2. The number of hydrogen-bond donors (Lipinski definition) is 2. The van der Waals surface area contributed by atoms with Crippen molar-refractivity contribution in [2.75, 3.05) is 33.2 Å². The monoisotopic (exact) mass is 241 g/mol. The molecule has 1 fully saturated rings. The van der Waals surface area contributed by atoms with Gasteiger partial charge in [-0.15, -0.1) is 0 Å². The van der Waals surface area contributed by atoms with Crippen LogP contribution in [0.5, 0.6) is 0 Å². The molecule has 0 bridgehead atoms. The van der Waals surface area contributed by atoms with Gasteiger partial charge in [0.15, 0.2) is 0 Å². The molecule has 2 atom stereocenters. The minimum Gasteiger partial charge on any atom is -0.347 e. The van der Waals surface area contributed by atoms with Crippen molar-refractivity contribution in [1.29, 1.82) is 0 Å². The Morgan fingerprint density at radius 3 is 2.71 bits per heavy atom. The third-order valence-electron chi connectivity index (χ3n) is 3.26. The molecule has 1 saturated heterocycles. The molecular formula is C12H23N3O2. The molecule has 0 aromatic rings. The van der Waals surface area contributed by atoms with Crippen molar-refractivity contribution in [2.45, 2.75) is 20.3 Å². The Bertz CT molecular complexity index is 281. The zero-order valence-electron chi connectivity index (χ0n) is 11.0. The van der Waals surface area contributed by atoms with Crippen LogP contribution in [-0.4, -0.2) is 49.9 Å². The zero-order chi connectivity index (χ0) is 12.8. The first-order chi connectivity index (χ1) is 8.04. The summed E-state index contributed by atoms with van der Waals surface area (Å²) in [5.74, 6) is 0.464. The summed E-state index contributed by atoms with van der Waals surface area (Å²) in [6.07, 6.45) is 0.899. The van der Waals surface area contributed by atoms with Crippen LogP contribution in [0.3, 0.4) is 0 Å². The predicted octanol–water partition coefficient (Wildman–Crippen LogP) is -0.173. The Balaban J connectivity index is 2.31. The summed E-state index contributed by atoms with van der Waals surface area (Å²) in [7, 11) is 1.73. The molecule has 1 heterocycles. The van der Waals surface area contributed by atoms with E-state index in [1.54, 1.807) is 11.9 Å². The summed E-state index contributed by atoms with van der Waals surface area (Å²) in [5, 5.41) is 5.95. The van der Waals surface area contributed by atoms with Crippen LogP contribution < -0.4 is 10.6 Å². The Kier molecular flexibility index (Phi) is 5.41. The average Bonchev–Trinajstić information content (AvgIpc) is 2.34. The third-order valence-corrected chi connectivity index (χ3v) is 3.26. The van der Waals surface area contributed by atoms with Crippen molar-refractivity contribution in [3.8, 4) is 0 Å². The molecule has 0 aromatic heterocycles. The average molecular weight is 241 g/mol. The van der Waals surface area contributed by atoms with Crippen LogP contribution in [0.4, 0.5) is 0 Å². The Morgan fingerprint density at radius 1 is 1.41 bits per heavy atom. The van der Waals surface area contributed by atoms with E-state index in [0.29, 0.717) is 19.0 Å². The molecule has 5 heteroatoms. The number of carbonyl (C=O) groups is 2. The van der Waals surface area contributed by atoms with E-state index in [0.717, 1.165) is 13.0 Å². The van der Waals surface area contributed by atoms with E-state index in [2.05, 4.69) is 17.6 Å². The minimum atomic E-state index is -0.0438. The van der Waals surface area contributed by atoms with E-state index < -0.39 is 0 Å². The lowest BCUT2D eigenvalue weighted by molar-refractivity contribution is -0.133. The van der Waals surface area contributed by atoms with Gasteiger partial charge in [0.05, 0.1) is 12.5 Å². The summed E-state index contributed by atoms with van der Waals surface area (Å²) < 4.78 is 0. The number of likely N-dealkylation sites (N-methyl/N-ethyl adjacent to an activating group) is 1. The Labute approximate surface area is 103 Å². The van der Waals surface area contributed by atoms with E-state index in [1.807, 2.05) is 6.92 Å². The van der Waals surface area contributed by atoms with Crippen LogP contribution in [0, 0.1) is 11.8 Å². The molecule has 98 valence electrons. The van der Waals surface area contributed by atoms with E-state index >= 15 is 0 Å². The molecule has 17 heavy (non-hydrogen) atoms. The standard InChI is InChI=1S/C12H23N3O2/c1-4-15(3)11(16)8-14-12(17)10-5-9(2)6-13-7-10/h9-10,13H,4-8H2,1-3H3,(H,14,17). The predicted molar refractivity (Wildman–Crippen MR) is 66.5 cm³/mol.